The Kier molecular flexibility index (Phi) is 10.5. The largest absolute Gasteiger partial charge is 0.495 e. The number of benzene rings is 3. The van der Waals surface area contributed by atoms with Crippen LogP contribution in [0.5, 0.6) is 5.75 Å². The second kappa shape index (κ2) is 13.8. The number of carbonyl (C=O) groups is 2. The summed E-state index contributed by atoms with van der Waals surface area (Å²) in [6, 6.07) is 21.6. The highest BCUT2D eigenvalue weighted by atomic mass is 32.2. The lowest BCUT2D eigenvalue weighted by atomic mass is 10.1. The summed E-state index contributed by atoms with van der Waals surface area (Å²) in [5.74, 6) is -0.502. The third kappa shape index (κ3) is 7.60. The normalized spacial score (nSPS) is 11.9. The number of rotatable bonds is 13. The molecule has 0 aliphatic carbocycles. The number of hydrogen-bond acceptors (Lipinski definition) is 5. The lowest BCUT2D eigenvalue weighted by molar-refractivity contribution is -0.139. The van der Waals surface area contributed by atoms with Gasteiger partial charge in [0.1, 0.15) is 18.3 Å². The van der Waals surface area contributed by atoms with Crippen molar-refractivity contribution in [1.82, 2.24) is 10.2 Å². The third-order valence-corrected chi connectivity index (χ3v) is 8.21. The number of methoxy groups -OCH3 is 1. The first kappa shape index (κ1) is 29.7. The van der Waals surface area contributed by atoms with Crippen LogP contribution >= 0.6 is 0 Å². The molecule has 3 aromatic carbocycles. The summed E-state index contributed by atoms with van der Waals surface area (Å²) in [7, 11) is -2.72. The Morgan fingerprint density at radius 1 is 0.949 bits per heavy atom. The number of ether oxygens (including phenoxy) is 1. The van der Waals surface area contributed by atoms with Crippen molar-refractivity contribution >= 4 is 27.5 Å². The summed E-state index contributed by atoms with van der Waals surface area (Å²) in [5, 5.41) is 2.88. The predicted molar refractivity (Wildman–Crippen MR) is 153 cm³/mol. The minimum absolute atomic E-state index is 0.0479. The summed E-state index contributed by atoms with van der Waals surface area (Å²) >= 11 is 0. The van der Waals surface area contributed by atoms with Gasteiger partial charge in [0.25, 0.3) is 10.0 Å². The van der Waals surface area contributed by atoms with Gasteiger partial charge >= 0.3 is 0 Å². The van der Waals surface area contributed by atoms with E-state index in [-0.39, 0.29) is 23.0 Å². The minimum atomic E-state index is -4.16. The molecule has 3 aromatic rings. The van der Waals surface area contributed by atoms with Gasteiger partial charge < -0.3 is 15.0 Å². The lowest BCUT2D eigenvalue weighted by Crippen LogP contribution is -2.51. The monoisotopic (exact) mass is 551 g/mol. The smallest absolute Gasteiger partial charge is 0.264 e. The molecule has 0 aliphatic heterocycles. The molecule has 1 N–H and O–H groups in total. The lowest BCUT2D eigenvalue weighted by Gasteiger charge is -2.32. The van der Waals surface area contributed by atoms with Crippen molar-refractivity contribution in [1.29, 1.82) is 0 Å². The average Bonchev–Trinajstić information content (AvgIpc) is 2.95. The third-order valence-electron chi connectivity index (χ3n) is 6.43. The molecular formula is C30H37N3O5S. The number of anilines is 1. The van der Waals surface area contributed by atoms with Crippen molar-refractivity contribution in [2.24, 2.45) is 0 Å². The van der Waals surface area contributed by atoms with Crippen LogP contribution in [-0.2, 0) is 26.2 Å². The highest BCUT2D eigenvalue weighted by Crippen LogP contribution is 2.32. The van der Waals surface area contributed by atoms with Crippen molar-refractivity contribution in [2.45, 2.75) is 51.1 Å². The molecule has 9 heteroatoms. The molecule has 8 nitrogen and oxygen atoms in total. The zero-order valence-electron chi connectivity index (χ0n) is 23.0. The Bertz CT molecular complexity index is 1340. The van der Waals surface area contributed by atoms with Crippen LogP contribution in [0, 0.1) is 6.92 Å². The molecule has 0 saturated carbocycles. The van der Waals surface area contributed by atoms with Crippen LogP contribution in [0.15, 0.2) is 83.8 Å². The first-order valence-corrected chi connectivity index (χ1v) is 14.5. The maximum atomic E-state index is 13.9. The molecule has 0 heterocycles. The molecule has 1 atom stereocenters. The topological polar surface area (TPSA) is 96.0 Å². The molecule has 0 fully saturated rings. The highest BCUT2D eigenvalue weighted by Gasteiger charge is 2.33. The first-order chi connectivity index (χ1) is 18.7. The summed E-state index contributed by atoms with van der Waals surface area (Å²) in [6.45, 7) is 5.68. The number of unbranched alkanes of at least 4 members (excludes halogenated alkanes) is 1. The van der Waals surface area contributed by atoms with Crippen LogP contribution in [0.4, 0.5) is 5.69 Å². The summed E-state index contributed by atoms with van der Waals surface area (Å²) < 4.78 is 34.4. The highest BCUT2D eigenvalue weighted by molar-refractivity contribution is 7.92. The molecule has 0 aliphatic rings. The number of nitrogens with one attached hydrogen (secondary N) is 1. The standard InChI is InChI=1S/C30H37N3O5S/c1-5-6-20-31-30(35)24(3)32(21-25-12-8-7-9-13-25)29(34)22-33(27-14-10-11-15-28(27)38-4)39(36,37)26-18-16-23(2)17-19-26/h7-19,24H,5-6,20-22H2,1-4H3,(H,31,35)/t24-/m1/s1. The van der Waals surface area contributed by atoms with Crippen molar-refractivity contribution in [2.75, 3.05) is 24.5 Å². The van der Waals surface area contributed by atoms with Crippen molar-refractivity contribution in [3.05, 3.63) is 90.0 Å². The van der Waals surface area contributed by atoms with E-state index >= 15 is 0 Å². The predicted octanol–water partition coefficient (Wildman–Crippen LogP) is 4.53. The molecular weight excluding hydrogens is 514 g/mol. The number of hydrogen-bond donors (Lipinski definition) is 1. The van der Waals surface area contributed by atoms with Gasteiger partial charge in [0.05, 0.1) is 17.7 Å². The molecule has 0 bridgehead atoms. The molecule has 0 aromatic heterocycles. The number of nitrogens with zero attached hydrogens (tertiary/aromatic N) is 2. The van der Waals surface area contributed by atoms with E-state index in [9.17, 15) is 18.0 Å². The van der Waals surface area contributed by atoms with Gasteiger partial charge in [-0.1, -0.05) is 73.5 Å². The fourth-order valence-corrected chi connectivity index (χ4v) is 5.51. The summed E-state index contributed by atoms with van der Waals surface area (Å²) in [6.07, 6.45) is 1.74. The quantitative estimate of drug-likeness (QED) is 0.315. The SMILES string of the molecule is CCCCNC(=O)[C@@H](C)N(Cc1ccccc1)C(=O)CN(c1ccccc1OC)S(=O)(=O)c1ccc(C)cc1. The van der Waals surface area contributed by atoms with Gasteiger partial charge in [0.2, 0.25) is 11.8 Å². The van der Waals surface area contributed by atoms with E-state index in [2.05, 4.69) is 5.32 Å². The fraction of sp³-hybridized carbons (Fsp3) is 0.333. The second-order valence-electron chi connectivity index (χ2n) is 9.32. The van der Waals surface area contributed by atoms with E-state index in [0.29, 0.717) is 12.3 Å². The number of amides is 2. The number of para-hydroxylation sites is 2. The summed E-state index contributed by atoms with van der Waals surface area (Å²) in [4.78, 5) is 28.4. The van der Waals surface area contributed by atoms with Crippen LogP contribution in [-0.4, -0.2) is 51.4 Å². The molecule has 0 saturated heterocycles. The van der Waals surface area contributed by atoms with Crippen LogP contribution < -0.4 is 14.4 Å². The van der Waals surface area contributed by atoms with Crippen molar-refractivity contribution in [3.8, 4) is 5.75 Å². The van der Waals surface area contributed by atoms with Crippen LogP contribution in [0.3, 0.4) is 0 Å². The number of sulfonamides is 1. The molecule has 0 radical (unpaired) electrons. The molecule has 208 valence electrons. The summed E-state index contributed by atoms with van der Waals surface area (Å²) in [5.41, 5.74) is 1.96. The molecule has 2 amide bonds. The fourth-order valence-electron chi connectivity index (χ4n) is 4.09. The number of aryl methyl sites for hydroxylation is 1. The minimum Gasteiger partial charge on any atom is -0.495 e. The van der Waals surface area contributed by atoms with Crippen LogP contribution in [0.25, 0.3) is 0 Å². The van der Waals surface area contributed by atoms with Crippen molar-refractivity contribution < 1.29 is 22.7 Å². The van der Waals surface area contributed by atoms with Gasteiger partial charge in [-0.2, -0.15) is 0 Å². The second-order valence-corrected chi connectivity index (χ2v) is 11.2. The van der Waals surface area contributed by atoms with E-state index in [1.807, 2.05) is 44.2 Å². The van der Waals surface area contributed by atoms with Gasteiger partial charge in [-0.3, -0.25) is 13.9 Å². The van der Waals surface area contributed by atoms with Crippen molar-refractivity contribution in [3.63, 3.8) is 0 Å². The van der Waals surface area contributed by atoms with E-state index in [1.54, 1.807) is 43.3 Å². The van der Waals surface area contributed by atoms with Gasteiger partial charge in [-0.25, -0.2) is 8.42 Å². The van der Waals surface area contributed by atoms with Gasteiger partial charge in [-0.15, -0.1) is 0 Å². The zero-order valence-corrected chi connectivity index (χ0v) is 23.8. The van der Waals surface area contributed by atoms with E-state index in [4.69, 9.17) is 4.74 Å². The maximum absolute atomic E-state index is 13.9. The maximum Gasteiger partial charge on any atom is 0.264 e. The van der Waals surface area contributed by atoms with E-state index in [0.717, 1.165) is 28.3 Å². The Labute approximate surface area is 231 Å². The van der Waals surface area contributed by atoms with Gasteiger partial charge in [0, 0.05) is 13.1 Å². The van der Waals surface area contributed by atoms with Gasteiger partial charge in [0.15, 0.2) is 0 Å². The molecule has 0 spiro atoms. The first-order valence-electron chi connectivity index (χ1n) is 13.0. The Morgan fingerprint density at radius 2 is 1.59 bits per heavy atom. The Balaban J connectivity index is 2.02. The molecule has 3 rings (SSSR count). The average molecular weight is 552 g/mol. The van der Waals surface area contributed by atoms with E-state index < -0.39 is 28.5 Å². The molecule has 0 unspecified atom stereocenters. The Morgan fingerprint density at radius 3 is 2.23 bits per heavy atom. The molecule has 39 heavy (non-hydrogen) atoms. The Hall–Kier alpha value is -3.85. The van der Waals surface area contributed by atoms with Crippen LogP contribution in [0.2, 0.25) is 0 Å². The van der Waals surface area contributed by atoms with E-state index in [1.165, 1.54) is 24.1 Å². The van der Waals surface area contributed by atoms with Gasteiger partial charge in [-0.05, 0) is 50.1 Å². The zero-order chi connectivity index (χ0) is 28.4. The number of carbonyl (C=O) groups excluding carboxylic acids is 2. The van der Waals surface area contributed by atoms with Crippen LogP contribution in [0.1, 0.15) is 37.8 Å².